The predicted molar refractivity (Wildman–Crippen MR) is 145 cm³/mol. The molecule has 1 aromatic heterocycles. The summed E-state index contributed by atoms with van der Waals surface area (Å²) < 4.78 is 1.77. The van der Waals surface area contributed by atoms with Gasteiger partial charge in [0.15, 0.2) is 0 Å². The lowest BCUT2D eigenvalue weighted by Crippen LogP contribution is -2.51. The Morgan fingerprint density at radius 2 is 1.66 bits per heavy atom. The van der Waals surface area contributed by atoms with E-state index in [1.165, 1.54) is 6.07 Å². The van der Waals surface area contributed by atoms with E-state index in [1.54, 1.807) is 52.1 Å². The maximum Gasteiger partial charge on any atom is 0.294 e. The van der Waals surface area contributed by atoms with Gasteiger partial charge in [0, 0.05) is 55.4 Å². The number of hydrogen-bond donors (Lipinski definition) is 0. The van der Waals surface area contributed by atoms with Crippen LogP contribution >= 0.6 is 11.8 Å². The molecule has 0 bridgehead atoms. The van der Waals surface area contributed by atoms with Crippen LogP contribution in [-0.2, 0) is 16.1 Å². The molecule has 0 radical (unpaired) electrons. The van der Waals surface area contributed by atoms with Crippen LogP contribution in [0.3, 0.4) is 0 Å². The lowest BCUT2D eigenvalue weighted by atomic mass is 10.2. The normalized spacial score (nSPS) is 16.9. The van der Waals surface area contributed by atoms with Crippen molar-refractivity contribution in [3.05, 3.63) is 99.2 Å². The SMILES string of the molecule is O=C(CN1C(=O)S/C(=C/c2cccn2Cc2ccccc2[N+](=O)[O-])C1=O)N1CCN(c2ccccc2)CC1. The van der Waals surface area contributed by atoms with Gasteiger partial charge in [-0.1, -0.05) is 36.4 Å². The first-order valence-corrected chi connectivity index (χ1v) is 12.9. The summed E-state index contributed by atoms with van der Waals surface area (Å²) in [7, 11) is 0. The smallest absolute Gasteiger partial charge is 0.294 e. The van der Waals surface area contributed by atoms with E-state index in [9.17, 15) is 24.5 Å². The molecule has 5 rings (SSSR count). The minimum absolute atomic E-state index is 0.00980. The van der Waals surface area contributed by atoms with E-state index in [1.807, 2.05) is 30.3 Å². The van der Waals surface area contributed by atoms with Gasteiger partial charge in [0.25, 0.3) is 16.8 Å². The average molecular weight is 532 g/mol. The molecule has 0 unspecified atom stereocenters. The highest BCUT2D eigenvalue weighted by Gasteiger charge is 2.37. The molecule has 0 saturated carbocycles. The van der Waals surface area contributed by atoms with Crippen molar-refractivity contribution in [2.75, 3.05) is 37.6 Å². The molecule has 2 fully saturated rings. The average Bonchev–Trinajstić information content (AvgIpc) is 3.48. The molecule has 3 heterocycles. The summed E-state index contributed by atoms with van der Waals surface area (Å²) in [6.45, 7) is 2.30. The molecule has 0 N–H and O–H groups in total. The summed E-state index contributed by atoms with van der Waals surface area (Å²) in [5.41, 5.74) is 2.25. The van der Waals surface area contributed by atoms with Gasteiger partial charge in [-0.3, -0.25) is 29.4 Å². The molecular weight excluding hydrogens is 506 g/mol. The second-order valence-electron chi connectivity index (χ2n) is 8.92. The van der Waals surface area contributed by atoms with Crippen molar-refractivity contribution >= 4 is 46.3 Å². The highest BCUT2D eigenvalue weighted by Crippen LogP contribution is 2.32. The molecular formula is C27H25N5O5S. The van der Waals surface area contributed by atoms with E-state index < -0.39 is 16.1 Å². The Labute approximate surface area is 223 Å². The van der Waals surface area contributed by atoms with Crippen LogP contribution in [0.15, 0.2) is 77.8 Å². The van der Waals surface area contributed by atoms with Crippen molar-refractivity contribution in [3.63, 3.8) is 0 Å². The number of carbonyl (C=O) groups is 3. The lowest BCUT2D eigenvalue weighted by molar-refractivity contribution is -0.385. The van der Waals surface area contributed by atoms with E-state index in [0.29, 0.717) is 37.4 Å². The van der Waals surface area contributed by atoms with E-state index in [4.69, 9.17) is 0 Å². The number of para-hydroxylation sites is 2. The molecule has 11 heteroatoms. The number of nitro benzene ring substituents is 1. The Morgan fingerprint density at radius 3 is 2.39 bits per heavy atom. The summed E-state index contributed by atoms with van der Waals surface area (Å²) in [6, 6.07) is 20.0. The molecule has 3 amide bonds. The zero-order valence-corrected chi connectivity index (χ0v) is 21.3. The first-order valence-electron chi connectivity index (χ1n) is 12.1. The number of nitro groups is 1. The van der Waals surface area contributed by atoms with Gasteiger partial charge in [-0.2, -0.15) is 0 Å². The fraction of sp³-hybridized carbons (Fsp3) is 0.222. The highest BCUT2D eigenvalue weighted by molar-refractivity contribution is 8.18. The summed E-state index contributed by atoms with van der Waals surface area (Å²) in [4.78, 5) is 54.6. The second-order valence-corrected chi connectivity index (χ2v) is 9.91. The second kappa shape index (κ2) is 10.9. The van der Waals surface area contributed by atoms with Crippen LogP contribution in [0.5, 0.6) is 0 Å². The molecule has 0 spiro atoms. The predicted octanol–water partition coefficient (Wildman–Crippen LogP) is 3.83. The number of carbonyl (C=O) groups excluding carboxylic acids is 3. The molecule has 2 saturated heterocycles. The molecule has 0 atom stereocenters. The molecule has 10 nitrogen and oxygen atoms in total. The van der Waals surface area contributed by atoms with Crippen molar-refractivity contribution in [1.82, 2.24) is 14.4 Å². The van der Waals surface area contributed by atoms with Crippen LogP contribution in [-0.4, -0.2) is 69.1 Å². The summed E-state index contributed by atoms with van der Waals surface area (Å²) in [6.07, 6.45) is 3.34. The number of nitrogens with zero attached hydrogens (tertiary/aromatic N) is 5. The number of piperazine rings is 1. The Balaban J connectivity index is 1.23. The van der Waals surface area contributed by atoms with E-state index >= 15 is 0 Å². The summed E-state index contributed by atoms with van der Waals surface area (Å²) in [5.74, 6) is -0.782. The molecule has 38 heavy (non-hydrogen) atoms. The standard InChI is InChI=1S/C27H25N5O5S/c33-25(29-15-13-28(14-16-29)21-8-2-1-3-9-21)19-31-26(34)24(38-27(31)35)17-22-10-6-12-30(22)18-20-7-4-5-11-23(20)32(36)37/h1-12,17H,13-16,18-19H2/b24-17+. The minimum atomic E-state index is -0.519. The van der Waals surface area contributed by atoms with E-state index in [0.717, 1.165) is 22.3 Å². The van der Waals surface area contributed by atoms with Crippen molar-refractivity contribution in [3.8, 4) is 0 Å². The zero-order chi connectivity index (χ0) is 26.6. The van der Waals surface area contributed by atoms with Crippen LogP contribution in [0.2, 0.25) is 0 Å². The Bertz CT molecular complexity index is 1410. The van der Waals surface area contributed by atoms with Gasteiger partial charge < -0.3 is 14.4 Å². The maximum absolute atomic E-state index is 13.0. The highest BCUT2D eigenvalue weighted by atomic mass is 32.2. The first kappa shape index (κ1) is 25.3. The van der Waals surface area contributed by atoms with Gasteiger partial charge in [0.05, 0.1) is 16.4 Å². The number of imide groups is 1. The van der Waals surface area contributed by atoms with Crippen LogP contribution in [0.1, 0.15) is 11.3 Å². The van der Waals surface area contributed by atoms with Crippen LogP contribution < -0.4 is 4.90 Å². The molecule has 2 aliphatic heterocycles. The first-order chi connectivity index (χ1) is 18.4. The number of rotatable bonds is 7. The largest absolute Gasteiger partial charge is 0.368 e. The van der Waals surface area contributed by atoms with Gasteiger partial charge in [-0.25, -0.2) is 0 Å². The van der Waals surface area contributed by atoms with Gasteiger partial charge in [0.1, 0.15) is 6.54 Å². The Kier molecular flexibility index (Phi) is 7.27. The third-order valence-corrected chi connectivity index (χ3v) is 7.50. The number of aromatic nitrogens is 1. The number of anilines is 1. The zero-order valence-electron chi connectivity index (χ0n) is 20.4. The third kappa shape index (κ3) is 5.32. The lowest BCUT2D eigenvalue weighted by Gasteiger charge is -2.36. The van der Waals surface area contributed by atoms with Crippen molar-refractivity contribution in [2.45, 2.75) is 6.54 Å². The van der Waals surface area contributed by atoms with Gasteiger partial charge in [-0.05, 0) is 42.1 Å². The minimum Gasteiger partial charge on any atom is -0.368 e. The van der Waals surface area contributed by atoms with Crippen molar-refractivity contribution in [1.29, 1.82) is 0 Å². The molecule has 0 aliphatic carbocycles. The van der Waals surface area contributed by atoms with E-state index in [2.05, 4.69) is 4.90 Å². The number of benzene rings is 2. The summed E-state index contributed by atoms with van der Waals surface area (Å²) >= 11 is 0.787. The topological polar surface area (TPSA) is 109 Å². The maximum atomic E-state index is 13.0. The van der Waals surface area contributed by atoms with Crippen LogP contribution in [0.4, 0.5) is 16.2 Å². The Morgan fingerprint density at radius 1 is 0.947 bits per heavy atom. The van der Waals surface area contributed by atoms with Crippen LogP contribution in [0, 0.1) is 10.1 Å². The monoisotopic (exact) mass is 531 g/mol. The number of thioether (sulfide) groups is 1. The molecule has 194 valence electrons. The Hall–Kier alpha value is -4.38. The third-order valence-electron chi connectivity index (χ3n) is 6.59. The molecule has 3 aromatic rings. The molecule has 2 aromatic carbocycles. The fourth-order valence-electron chi connectivity index (χ4n) is 4.57. The summed E-state index contributed by atoms with van der Waals surface area (Å²) in [5, 5.41) is 10.9. The van der Waals surface area contributed by atoms with Gasteiger partial charge >= 0.3 is 0 Å². The number of hydrogen-bond acceptors (Lipinski definition) is 7. The van der Waals surface area contributed by atoms with Crippen molar-refractivity contribution in [2.24, 2.45) is 0 Å². The van der Waals surface area contributed by atoms with Gasteiger partial charge in [-0.15, -0.1) is 0 Å². The van der Waals surface area contributed by atoms with Gasteiger partial charge in [0.2, 0.25) is 5.91 Å². The van der Waals surface area contributed by atoms with Crippen molar-refractivity contribution < 1.29 is 19.3 Å². The number of amides is 3. The van der Waals surface area contributed by atoms with E-state index in [-0.39, 0.29) is 29.6 Å². The van der Waals surface area contributed by atoms with Crippen LogP contribution in [0.25, 0.3) is 6.08 Å². The fourth-order valence-corrected chi connectivity index (χ4v) is 5.39. The molecule has 2 aliphatic rings. The quantitative estimate of drug-likeness (QED) is 0.259.